The topological polar surface area (TPSA) is 94.2 Å². The molecule has 7 heteroatoms. The first-order valence-corrected chi connectivity index (χ1v) is 8.10. The molecule has 0 aliphatic heterocycles. The van der Waals surface area contributed by atoms with E-state index in [1.54, 1.807) is 23.6 Å². The van der Waals surface area contributed by atoms with E-state index in [9.17, 15) is 19.7 Å². The molecule has 1 aromatic heterocycles. The molecule has 25 heavy (non-hydrogen) atoms. The summed E-state index contributed by atoms with van der Waals surface area (Å²) in [6.07, 6.45) is 1.40. The van der Waals surface area contributed by atoms with E-state index in [0.29, 0.717) is 19.5 Å². The fourth-order valence-electron chi connectivity index (χ4n) is 2.59. The molecule has 0 bridgehead atoms. The van der Waals surface area contributed by atoms with E-state index in [1.807, 2.05) is 13.0 Å². The number of nitro groups is 1. The number of nitro benzene ring substituents is 1. The van der Waals surface area contributed by atoms with Crippen LogP contribution in [-0.2, 0) is 6.54 Å². The standard InChI is InChI=1S/C18H21N3O4/c1-13-8-9-16(21(24)25)15(12-13)18(23)19-10-3-4-11-20-14(2)6-5-7-17(20)22/h5-9,12H,3-4,10-11H2,1-2H3,(H,19,23). The zero-order valence-electron chi connectivity index (χ0n) is 14.3. The number of nitrogens with one attached hydrogen (secondary N) is 1. The number of hydrogen-bond acceptors (Lipinski definition) is 4. The Hall–Kier alpha value is -2.96. The average Bonchev–Trinajstić information content (AvgIpc) is 2.56. The maximum absolute atomic E-state index is 12.2. The monoisotopic (exact) mass is 343 g/mol. The Morgan fingerprint density at radius 3 is 2.64 bits per heavy atom. The van der Waals surface area contributed by atoms with Gasteiger partial charge in [0.2, 0.25) is 0 Å². The highest BCUT2D eigenvalue weighted by atomic mass is 16.6. The molecule has 1 N–H and O–H groups in total. The molecule has 1 heterocycles. The molecule has 0 unspecified atom stereocenters. The molecule has 0 aliphatic rings. The molecule has 2 rings (SSSR count). The molecule has 7 nitrogen and oxygen atoms in total. The van der Waals surface area contributed by atoms with Crippen LogP contribution in [0.3, 0.4) is 0 Å². The Labute approximate surface area is 145 Å². The fourth-order valence-corrected chi connectivity index (χ4v) is 2.59. The number of carbonyl (C=O) groups is 1. The van der Waals surface area contributed by atoms with Crippen molar-refractivity contribution < 1.29 is 9.72 Å². The lowest BCUT2D eigenvalue weighted by Gasteiger charge is -2.10. The Morgan fingerprint density at radius 1 is 1.20 bits per heavy atom. The van der Waals surface area contributed by atoms with Gasteiger partial charge in [-0.2, -0.15) is 0 Å². The first kappa shape index (κ1) is 18.4. The second kappa shape index (κ2) is 8.23. The van der Waals surface area contributed by atoms with Gasteiger partial charge < -0.3 is 9.88 Å². The lowest BCUT2D eigenvalue weighted by atomic mass is 10.1. The highest BCUT2D eigenvalue weighted by Gasteiger charge is 2.19. The van der Waals surface area contributed by atoms with E-state index in [1.165, 1.54) is 18.2 Å². The van der Waals surface area contributed by atoms with E-state index in [2.05, 4.69) is 5.32 Å². The second-order valence-corrected chi connectivity index (χ2v) is 5.90. The summed E-state index contributed by atoms with van der Waals surface area (Å²) in [6.45, 7) is 4.62. The summed E-state index contributed by atoms with van der Waals surface area (Å²) in [7, 11) is 0. The van der Waals surface area contributed by atoms with Crippen molar-refractivity contribution in [3.8, 4) is 0 Å². The maximum Gasteiger partial charge on any atom is 0.282 e. The van der Waals surface area contributed by atoms with Crippen molar-refractivity contribution >= 4 is 11.6 Å². The van der Waals surface area contributed by atoms with Crippen molar-refractivity contribution in [3.05, 3.63) is 73.7 Å². The molecule has 0 radical (unpaired) electrons. The lowest BCUT2D eigenvalue weighted by molar-refractivity contribution is -0.385. The van der Waals surface area contributed by atoms with Crippen molar-refractivity contribution in [3.63, 3.8) is 0 Å². The second-order valence-electron chi connectivity index (χ2n) is 5.90. The maximum atomic E-state index is 12.2. The van der Waals surface area contributed by atoms with Gasteiger partial charge >= 0.3 is 0 Å². The van der Waals surface area contributed by atoms with Crippen molar-refractivity contribution in [2.75, 3.05) is 6.54 Å². The minimum atomic E-state index is -0.557. The lowest BCUT2D eigenvalue weighted by Crippen LogP contribution is -2.26. The predicted octanol–water partition coefficient (Wildman–Crippen LogP) is 2.58. The van der Waals surface area contributed by atoms with Crippen LogP contribution in [0, 0.1) is 24.0 Å². The number of unbranched alkanes of at least 4 members (excludes halogenated alkanes) is 1. The van der Waals surface area contributed by atoms with Crippen LogP contribution in [0.15, 0.2) is 41.2 Å². The molecule has 1 aromatic carbocycles. The number of aromatic nitrogens is 1. The van der Waals surface area contributed by atoms with Crippen LogP contribution < -0.4 is 10.9 Å². The van der Waals surface area contributed by atoms with Gasteiger partial charge in [-0.05, 0) is 44.4 Å². The van der Waals surface area contributed by atoms with Gasteiger partial charge in [0.1, 0.15) is 5.56 Å². The van der Waals surface area contributed by atoms with Crippen LogP contribution in [0.5, 0.6) is 0 Å². The van der Waals surface area contributed by atoms with Crippen LogP contribution in [0.2, 0.25) is 0 Å². The molecule has 0 saturated carbocycles. The average molecular weight is 343 g/mol. The Balaban J connectivity index is 1.88. The number of aryl methyl sites for hydroxylation is 2. The van der Waals surface area contributed by atoms with Gasteiger partial charge in [-0.1, -0.05) is 12.1 Å². The molecule has 0 atom stereocenters. The third-order valence-corrected chi connectivity index (χ3v) is 3.96. The minimum Gasteiger partial charge on any atom is -0.352 e. The number of hydrogen-bond donors (Lipinski definition) is 1. The SMILES string of the molecule is Cc1ccc([N+](=O)[O-])c(C(=O)NCCCCn2c(C)cccc2=O)c1. The largest absolute Gasteiger partial charge is 0.352 e. The van der Waals surface area contributed by atoms with Crippen LogP contribution >= 0.6 is 0 Å². The van der Waals surface area contributed by atoms with Crippen LogP contribution in [0.25, 0.3) is 0 Å². The summed E-state index contributed by atoms with van der Waals surface area (Å²) in [4.78, 5) is 34.4. The molecule has 0 aliphatic carbocycles. The summed E-state index contributed by atoms with van der Waals surface area (Å²) in [6, 6.07) is 9.58. The van der Waals surface area contributed by atoms with Gasteiger partial charge in [-0.25, -0.2) is 0 Å². The Kier molecular flexibility index (Phi) is 6.05. The third kappa shape index (κ3) is 4.76. The number of benzene rings is 1. The third-order valence-electron chi connectivity index (χ3n) is 3.96. The molecule has 1 amide bonds. The molecule has 0 fully saturated rings. The van der Waals surface area contributed by atoms with Gasteiger partial charge in [0.05, 0.1) is 4.92 Å². The van der Waals surface area contributed by atoms with Gasteiger partial charge in [-0.3, -0.25) is 19.7 Å². The fraction of sp³-hybridized carbons (Fsp3) is 0.333. The van der Waals surface area contributed by atoms with Crippen molar-refractivity contribution in [1.82, 2.24) is 9.88 Å². The zero-order valence-corrected chi connectivity index (χ0v) is 14.3. The van der Waals surface area contributed by atoms with E-state index in [0.717, 1.165) is 17.7 Å². The summed E-state index contributed by atoms with van der Waals surface area (Å²) in [5, 5.41) is 13.7. The Bertz CT molecular complexity index is 842. The quantitative estimate of drug-likeness (QED) is 0.475. The summed E-state index contributed by atoms with van der Waals surface area (Å²) >= 11 is 0. The zero-order chi connectivity index (χ0) is 18.4. The van der Waals surface area contributed by atoms with Crippen LogP contribution in [0.1, 0.15) is 34.5 Å². The number of amides is 1. The highest BCUT2D eigenvalue weighted by Crippen LogP contribution is 2.19. The van der Waals surface area contributed by atoms with Crippen LogP contribution in [0.4, 0.5) is 5.69 Å². The van der Waals surface area contributed by atoms with Gasteiger partial charge in [-0.15, -0.1) is 0 Å². The number of carbonyl (C=O) groups excluding carboxylic acids is 1. The van der Waals surface area contributed by atoms with Gasteiger partial charge in [0.15, 0.2) is 0 Å². The first-order chi connectivity index (χ1) is 11.9. The van der Waals surface area contributed by atoms with Crippen molar-refractivity contribution in [1.29, 1.82) is 0 Å². The number of pyridine rings is 1. The van der Waals surface area contributed by atoms with Gasteiger partial charge in [0, 0.05) is 30.9 Å². The van der Waals surface area contributed by atoms with E-state index < -0.39 is 10.8 Å². The normalized spacial score (nSPS) is 10.5. The molecular weight excluding hydrogens is 322 g/mol. The molecule has 2 aromatic rings. The van der Waals surface area contributed by atoms with E-state index in [4.69, 9.17) is 0 Å². The summed E-state index contributed by atoms with van der Waals surface area (Å²) in [5.41, 5.74) is 1.51. The molecular formula is C18H21N3O4. The van der Waals surface area contributed by atoms with Crippen LogP contribution in [-0.4, -0.2) is 21.9 Å². The summed E-state index contributed by atoms with van der Waals surface area (Å²) < 4.78 is 1.69. The highest BCUT2D eigenvalue weighted by molar-refractivity contribution is 5.98. The number of rotatable bonds is 7. The first-order valence-electron chi connectivity index (χ1n) is 8.10. The predicted molar refractivity (Wildman–Crippen MR) is 94.8 cm³/mol. The number of nitrogens with zero attached hydrogens (tertiary/aromatic N) is 2. The van der Waals surface area contributed by atoms with Gasteiger partial charge in [0.25, 0.3) is 17.2 Å². The van der Waals surface area contributed by atoms with E-state index >= 15 is 0 Å². The smallest absolute Gasteiger partial charge is 0.282 e. The molecule has 0 spiro atoms. The van der Waals surface area contributed by atoms with E-state index in [-0.39, 0.29) is 16.8 Å². The molecule has 132 valence electrons. The Morgan fingerprint density at radius 2 is 1.96 bits per heavy atom. The minimum absolute atomic E-state index is 0.0422. The van der Waals surface area contributed by atoms with Crippen molar-refractivity contribution in [2.24, 2.45) is 0 Å². The molecule has 0 saturated heterocycles. The summed E-state index contributed by atoms with van der Waals surface area (Å²) in [5.74, 6) is -0.455. The van der Waals surface area contributed by atoms with Crippen molar-refractivity contribution in [2.45, 2.75) is 33.2 Å².